The van der Waals surface area contributed by atoms with Crippen LogP contribution >= 0.6 is 11.8 Å². The fourth-order valence-corrected chi connectivity index (χ4v) is 3.25. The highest BCUT2D eigenvalue weighted by Crippen LogP contribution is 2.19. The number of nitrogens with zero attached hydrogens (tertiary/aromatic N) is 2. The second-order valence-corrected chi connectivity index (χ2v) is 6.84. The Hall–Kier alpha value is -2.32. The van der Waals surface area contributed by atoms with Gasteiger partial charge >= 0.3 is 0 Å². The Morgan fingerprint density at radius 3 is 2.44 bits per heavy atom. The Bertz CT molecular complexity index is 723. The molecule has 2 rings (SSSR count). The highest BCUT2D eigenvalue weighted by molar-refractivity contribution is 7.99. The molecule has 0 atom stereocenters. The fraction of sp³-hybridized carbons (Fsp3) is 0.300. The zero-order chi connectivity index (χ0) is 18.1. The lowest BCUT2D eigenvalue weighted by atomic mass is 10.1. The van der Waals surface area contributed by atoms with Gasteiger partial charge in [-0.2, -0.15) is 5.26 Å². The van der Waals surface area contributed by atoms with Gasteiger partial charge in [0.05, 0.1) is 11.6 Å². The maximum atomic E-state index is 12.9. The van der Waals surface area contributed by atoms with Crippen LogP contribution in [0.5, 0.6) is 0 Å². The summed E-state index contributed by atoms with van der Waals surface area (Å²) in [5, 5.41) is 8.85. The number of halogens is 1. The molecule has 5 heteroatoms. The minimum Gasteiger partial charge on any atom is -0.338 e. The SMILES string of the molecule is CCCN(Cc1ccc(C#N)cc1)C(=O)CCSc1ccc(F)cc1. The molecule has 0 aliphatic carbocycles. The number of benzene rings is 2. The summed E-state index contributed by atoms with van der Waals surface area (Å²) in [6.07, 6.45) is 1.34. The molecule has 0 aliphatic rings. The number of hydrogen-bond donors (Lipinski definition) is 0. The van der Waals surface area contributed by atoms with Crippen molar-refractivity contribution in [2.75, 3.05) is 12.3 Å². The van der Waals surface area contributed by atoms with Crippen LogP contribution < -0.4 is 0 Å². The van der Waals surface area contributed by atoms with Gasteiger partial charge in [0.25, 0.3) is 0 Å². The zero-order valence-electron chi connectivity index (χ0n) is 14.2. The summed E-state index contributed by atoms with van der Waals surface area (Å²) in [4.78, 5) is 15.3. The summed E-state index contributed by atoms with van der Waals surface area (Å²) in [6.45, 7) is 3.31. The van der Waals surface area contributed by atoms with Crippen molar-refractivity contribution < 1.29 is 9.18 Å². The molecule has 0 saturated heterocycles. The molecule has 0 saturated carbocycles. The maximum Gasteiger partial charge on any atom is 0.223 e. The minimum atomic E-state index is -0.253. The number of thioether (sulfide) groups is 1. The van der Waals surface area contributed by atoms with Crippen LogP contribution in [0.3, 0.4) is 0 Å². The summed E-state index contributed by atoms with van der Waals surface area (Å²) in [5.74, 6) is 0.524. The van der Waals surface area contributed by atoms with Crippen LogP contribution in [-0.4, -0.2) is 23.1 Å². The number of nitriles is 1. The van der Waals surface area contributed by atoms with Crippen LogP contribution in [0.2, 0.25) is 0 Å². The van der Waals surface area contributed by atoms with Gasteiger partial charge in [0.15, 0.2) is 0 Å². The van der Waals surface area contributed by atoms with E-state index in [0.717, 1.165) is 16.9 Å². The molecule has 0 bridgehead atoms. The monoisotopic (exact) mass is 356 g/mol. The summed E-state index contributed by atoms with van der Waals surface area (Å²) in [6, 6.07) is 15.7. The normalized spacial score (nSPS) is 10.3. The van der Waals surface area contributed by atoms with Crippen LogP contribution in [0.1, 0.15) is 30.9 Å². The molecule has 0 radical (unpaired) electrons. The van der Waals surface area contributed by atoms with E-state index in [-0.39, 0.29) is 11.7 Å². The fourth-order valence-electron chi connectivity index (χ4n) is 2.41. The Kier molecular flexibility index (Phi) is 7.49. The van der Waals surface area contributed by atoms with Gasteiger partial charge in [-0.3, -0.25) is 4.79 Å². The lowest BCUT2D eigenvalue weighted by Gasteiger charge is -2.22. The van der Waals surface area contributed by atoms with Crippen LogP contribution in [0.4, 0.5) is 4.39 Å². The third kappa shape index (κ3) is 6.24. The van der Waals surface area contributed by atoms with Gasteiger partial charge in [0.1, 0.15) is 5.82 Å². The Morgan fingerprint density at radius 2 is 1.84 bits per heavy atom. The second kappa shape index (κ2) is 9.85. The highest BCUT2D eigenvalue weighted by Gasteiger charge is 2.13. The van der Waals surface area contributed by atoms with E-state index in [9.17, 15) is 9.18 Å². The van der Waals surface area contributed by atoms with Gasteiger partial charge < -0.3 is 4.90 Å². The highest BCUT2D eigenvalue weighted by atomic mass is 32.2. The van der Waals surface area contributed by atoms with Crippen molar-refractivity contribution >= 4 is 17.7 Å². The first kappa shape index (κ1) is 19.0. The topological polar surface area (TPSA) is 44.1 Å². The molecule has 0 aliphatic heterocycles. The third-order valence-electron chi connectivity index (χ3n) is 3.70. The smallest absolute Gasteiger partial charge is 0.223 e. The first-order valence-corrected chi connectivity index (χ1v) is 9.26. The second-order valence-electron chi connectivity index (χ2n) is 5.68. The predicted octanol–water partition coefficient (Wildman–Crippen LogP) is 4.62. The summed E-state index contributed by atoms with van der Waals surface area (Å²) in [7, 11) is 0. The average Bonchev–Trinajstić information content (AvgIpc) is 2.63. The van der Waals surface area contributed by atoms with Crippen molar-refractivity contribution in [3.8, 4) is 6.07 Å². The van der Waals surface area contributed by atoms with Gasteiger partial charge in [0, 0.05) is 30.2 Å². The number of rotatable bonds is 8. The van der Waals surface area contributed by atoms with E-state index in [4.69, 9.17) is 5.26 Å². The predicted molar refractivity (Wildman–Crippen MR) is 98.6 cm³/mol. The summed E-state index contributed by atoms with van der Waals surface area (Å²) < 4.78 is 12.9. The van der Waals surface area contributed by atoms with E-state index in [1.807, 2.05) is 24.0 Å². The standard InChI is InChI=1S/C20H21FN2OS/c1-2-12-23(15-17-5-3-16(14-22)4-6-17)20(24)11-13-25-19-9-7-18(21)8-10-19/h3-10H,2,11-13,15H2,1H3. The van der Waals surface area contributed by atoms with Gasteiger partial charge in [-0.1, -0.05) is 19.1 Å². The minimum absolute atomic E-state index is 0.112. The average molecular weight is 356 g/mol. The van der Waals surface area contributed by atoms with Crippen molar-refractivity contribution in [1.29, 1.82) is 5.26 Å². The van der Waals surface area contributed by atoms with Crippen molar-refractivity contribution in [3.05, 3.63) is 65.5 Å². The van der Waals surface area contributed by atoms with Crippen LogP contribution in [0.25, 0.3) is 0 Å². The van der Waals surface area contributed by atoms with Crippen molar-refractivity contribution in [2.45, 2.75) is 31.2 Å². The molecule has 3 nitrogen and oxygen atoms in total. The number of carbonyl (C=O) groups is 1. The molecule has 0 spiro atoms. The first-order valence-electron chi connectivity index (χ1n) is 8.27. The van der Waals surface area contributed by atoms with Crippen molar-refractivity contribution in [3.63, 3.8) is 0 Å². The molecule has 25 heavy (non-hydrogen) atoms. The molecule has 2 aromatic rings. The summed E-state index contributed by atoms with van der Waals surface area (Å²) in [5.41, 5.74) is 1.64. The van der Waals surface area contributed by atoms with Crippen LogP contribution in [0, 0.1) is 17.1 Å². The van der Waals surface area contributed by atoms with Gasteiger partial charge in [-0.15, -0.1) is 11.8 Å². The quantitative estimate of drug-likeness (QED) is 0.648. The molecule has 0 aromatic heterocycles. The lowest BCUT2D eigenvalue weighted by molar-refractivity contribution is -0.131. The van der Waals surface area contributed by atoms with Gasteiger partial charge in [-0.05, 0) is 48.4 Å². The molecular weight excluding hydrogens is 335 g/mol. The Balaban J connectivity index is 1.88. The van der Waals surface area contributed by atoms with E-state index in [1.165, 1.54) is 12.1 Å². The molecule has 1 amide bonds. The van der Waals surface area contributed by atoms with Crippen molar-refractivity contribution in [1.82, 2.24) is 4.90 Å². The third-order valence-corrected chi connectivity index (χ3v) is 4.71. The lowest BCUT2D eigenvalue weighted by Crippen LogP contribution is -2.31. The molecule has 130 valence electrons. The zero-order valence-corrected chi connectivity index (χ0v) is 15.1. The maximum absolute atomic E-state index is 12.9. The van der Waals surface area contributed by atoms with Crippen molar-refractivity contribution in [2.24, 2.45) is 0 Å². The molecule has 0 fully saturated rings. The van der Waals surface area contributed by atoms with E-state index in [0.29, 0.717) is 30.8 Å². The molecule has 0 N–H and O–H groups in total. The van der Waals surface area contributed by atoms with Crippen LogP contribution in [-0.2, 0) is 11.3 Å². The number of hydrogen-bond acceptors (Lipinski definition) is 3. The van der Waals surface area contributed by atoms with Crippen LogP contribution in [0.15, 0.2) is 53.4 Å². The molecule has 0 unspecified atom stereocenters. The Labute approximate surface area is 152 Å². The van der Waals surface area contributed by atoms with Gasteiger partial charge in [0.2, 0.25) is 5.91 Å². The molecule has 0 heterocycles. The van der Waals surface area contributed by atoms with Gasteiger partial charge in [-0.25, -0.2) is 4.39 Å². The Morgan fingerprint density at radius 1 is 1.16 bits per heavy atom. The van der Waals surface area contributed by atoms with E-state index < -0.39 is 0 Å². The molecule has 2 aromatic carbocycles. The number of carbonyl (C=O) groups excluding carboxylic acids is 1. The van der Waals surface area contributed by atoms with E-state index in [2.05, 4.69) is 6.07 Å². The van der Waals surface area contributed by atoms with E-state index >= 15 is 0 Å². The largest absolute Gasteiger partial charge is 0.338 e. The van der Waals surface area contributed by atoms with E-state index in [1.54, 1.807) is 36.0 Å². The molecular formula is C20H21FN2OS. The summed E-state index contributed by atoms with van der Waals surface area (Å²) >= 11 is 1.55. The first-order chi connectivity index (χ1) is 12.1. The number of amides is 1.